The largest absolute Gasteiger partial charge is 0.444 e. The van der Waals surface area contributed by atoms with Crippen molar-refractivity contribution >= 4 is 29.5 Å². The zero-order valence-electron chi connectivity index (χ0n) is 24.2. The molecule has 4 N–H and O–H groups in total. The van der Waals surface area contributed by atoms with Crippen molar-refractivity contribution in [2.75, 3.05) is 18.4 Å². The molecule has 10 nitrogen and oxygen atoms in total. The zero-order valence-corrected chi connectivity index (χ0v) is 24.2. The maximum Gasteiger partial charge on any atom is 0.410 e. The van der Waals surface area contributed by atoms with Crippen molar-refractivity contribution in [1.82, 2.24) is 15.5 Å². The van der Waals surface area contributed by atoms with Crippen LogP contribution in [0.1, 0.15) is 79.2 Å². The number of rotatable bonds is 11. The number of ether oxygens (including phenoxy) is 1. The van der Waals surface area contributed by atoms with Crippen molar-refractivity contribution in [3.8, 4) is 0 Å². The van der Waals surface area contributed by atoms with Crippen LogP contribution in [0.25, 0.3) is 0 Å². The number of carbonyl (C=O) groups is 4. The number of hydrogen-bond acceptors (Lipinski definition) is 6. The van der Waals surface area contributed by atoms with E-state index in [0.717, 1.165) is 24.8 Å². The summed E-state index contributed by atoms with van der Waals surface area (Å²) in [5.74, 6) is -0.707. The van der Waals surface area contributed by atoms with Crippen LogP contribution in [-0.4, -0.2) is 64.6 Å². The minimum absolute atomic E-state index is 0.0851. The highest BCUT2D eigenvalue weighted by atomic mass is 16.6. The van der Waals surface area contributed by atoms with E-state index in [-0.39, 0.29) is 30.4 Å². The van der Waals surface area contributed by atoms with Gasteiger partial charge in [0.1, 0.15) is 17.7 Å². The maximum atomic E-state index is 12.9. The van der Waals surface area contributed by atoms with Crippen LogP contribution in [0.5, 0.6) is 0 Å². The summed E-state index contributed by atoms with van der Waals surface area (Å²) in [4.78, 5) is 52.0. The number of anilines is 1. The second kappa shape index (κ2) is 14.9. The van der Waals surface area contributed by atoms with Gasteiger partial charge in [-0.1, -0.05) is 26.0 Å². The van der Waals surface area contributed by atoms with Crippen LogP contribution in [-0.2, 0) is 25.7 Å². The second-order valence-electron chi connectivity index (χ2n) is 11.7. The molecule has 2 atom stereocenters. The third kappa shape index (κ3) is 11.2. The van der Waals surface area contributed by atoms with Crippen molar-refractivity contribution in [2.24, 2.45) is 11.8 Å². The van der Waals surface area contributed by atoms with Crippen molar-refractivity contribution < 1.29 is 29.0 Å². The van der Waals surface area contributed by atoms with Crippen molar-refractivity contribution in [3.63, 3.8) is 0 Å². The molecule has 1 aromatic rings. The standard InChI is InChI=1S/C29H46N4O6/c1-19(2)25(27(37)30-20(3)26(36)31-23-12-10-22(18-34)11-13-23)32-24(35)9-7-8-21-14-16-33(17-15-21)28(38)39-29(4,5)6/h10-13,19-21,25,34H,7-9,14-18H2,1-6H3,(H,30,37)(H,31,36)(H,32,35)/t20-,25-/m0/s1. The van der Waals surface area contributed by atoms with Gasteiger partial charge in [0.05, 0.1) is 6.61 Å². The highest BCUT2D eigenvalue weighted by molar-refractivity contribution is 5.98. The molecule has 0 saturated carbocycles. The first-order valence-corrected chi connectivity index (χ1v) is 13.9. The Bertz CT molecular complexity index is 965. The van der Waals surface area contributed by atoms with Crippen LogP contribution < -0.4 is 16.0 Å². The molecule has 1 heterocycles. The van der Waals surface area contributed by atoms with Crippen molar-refractivity contribution in [1.29, 1.82) is 0 Å². The van der Waals surface area contributed by atoms with E-state index in [1.165, 1.54) is 0 Å². The van der Waals surface area contributed by atoms with E-state index in [2.05, 4.69) is 16.0 Å². The first-order chi connectivity index (χ1) is 18.3. The molecule has 0 unspecified atom stereocenters. The van der Waals surface area contributed by atoms with Gasteiger partial charge in [0.25, 0.3) is 0 Å². The van der Waals surface area contributed by atoms with E-state index in [1.54, 1.807) is 36.1 Å². The van der Waals surface area contributed by atoms with Crippen LogP contribution >= 0.6 is 0 Å². The summed E-state index contributed by atoms with van der Waals surface area (Å²) in [6.07, 6.45) is 3.37. The van der Waals surface area contributed by atoms with E-state index in [4.69, 9.17) is 9.84 Å². The molecule has 1 aliphatic heterocycles. The Morgan fingerprint density at radius 3 is 2.15 bits per heavy atom. The molecule has 1 aliphatic rings. The number of benzene rings is 1. The molecule has 0 aromatic heterocycles. The summed E-state index contributed by atoms with van der Waals surface area (Å²) in [5.41, 5.74) is 0.779. The average Bonchev–Trinajstić information content (AvgIpc) is 2.86. The molecule has 0 radical (unpaired) electrons. The van der Waals surface area contributed by atoms with Gasteiger partial charge in [0, 0.05) is 25.2 Å². The Kier molecular flexibility index (Phi) is 12.2. The Balaban J connectivity index is 1.74. The van der Waals surface area contributed by atoms with Gasteiger partial charge in [-0.25, -0.2) is 4.79 Å². The smallest absolute Gasteiger partial charge is 0.410 e. The highest BCUT2D eigenvalue weighted by Crippen LogP contribution is 2.24. The first kappa shape index (κ1) is 32.1. The van der Waals surface area contributed by atoms with E-state index >= 15 is 0 Å². The number of hydrogen-bond donors (Lipinski definition) is 4. The van der Waals surface area contributed by atoms with E-state index in [0.29, 0.717) is 37.5 Å². The van der Waals surface area contributed by atoms with Crippen LogP contribution in [0, 0.1) is 11.8 Å². The number of nitrogens with zero attached hydrogens (tertiary/aromatic N) is 1. The predicted molar refractivity (Wildman–Crippen MR) is 150 cm³/mol. The molecule has 4 amide bonds. The fourth-order valence-electron chi connectivity index (χ4n) is 4.38. The Morgan fingerprint density at radius 1 is 1.00 bits per heavy atom. The maximum absolute atomic E-state index is 12.9. The summed E-state index contributed by atoms with van der Waals surface area (Å²) in [7, 11) is 0. The number of aliphatic hydroxyl groups excluding tert-OH is 1. The summed E-state index contributed by atoms with van der Waals surface area (Å²) in [6, 6.07) is 5.21. The number of nitrogens with one attached hydrogen (secondary N) is 3. The molecule has 0 spiro atoms. The molecular weight excluding hydrogens is 500 g/mol. The average molecular weight is 547 g/mol. The normalized spacial score (nSPS) is 15.8. The molecule has 1 aromatic carbocycles. The van der Waals surface area contributed by atoms with Gasteiger partial charge in [-0.05, 0) is 82.9 Å². The number of carbonyl (C=O) groups excluding carboxylic acids is 4. The lowest BCUT2D eigenvalue weighted by Gasteiger charge is -2.33. The lowest BCUT2D eigenvalue weighted by molar-refractivity contribution is -0.131. The first-order valence-electron chi connectivity index (χ1n) is 13.9. The predicted octanol–water partition coefficient (Wildman–Crippen LogP) is 3.58. The van der Waals surface area contributed by atoms with Gasteiger partial charge < -0.3 is 30.7 Å². The van der Waals surface area contributed by atoms with Gasteiger partial charge in [-0.2, -0.15) is 0 Å². The Morgan fingerprint density at radius 2 is 1.62 bits per heavy atom. The van der Waals surface area contributed by atoms with Crippen LogP contribution in [0.3, 0.4) is 0 Å². The Labute approximate surface area is 232 Å². The highest BCUT2D eigenvalue weighted by Gasteiger charge is 2.28. The molecular formula is C29H46N4O6. The van der Waals surface area contributed by atoms with Crippen LogP contribution in [0.15, 0.2) is 24.3 Å². The van der Waals surface area contributed by atoms with E-state index < -0.39 is 23.6 Å². The number of likely N-dealkylation sites (tertiary alicyclic amines) is 1. The third-order valence-electron chi connectivity index (χ3n) is 6.70. The summed E-state index contributed by atoms with van der Waals surface area (Å²) >= 11 is 0. The molecule has 0 aliphatic carbocycles. The van der Waals surface area contributed by atoms with Gasteiger partial charge in [-0.3, -0.25) is 14.4 Å². The molecule has 10 heteroatoms. The number of amides is 4. The summed E-state index contributed by atoms with van der Waals surface area (Å²) in [6.45, 7) is 12.1. The molecule has 39 heavy (non-hydrogen) atoms. The van der Waals surface area contributed by atoms with E-state index in [9.17, 15) is 19.2 Å². The van der Waals surface area contributed by atoms with Crippen LogP contribution in [0.4, 0.5) is 10.5 Å². The SMILES string of the molecule is CC(C)[C@H](NC(=O)CCCC1CCN(C(=O)OC(C)(C)C)CC1)C(=O)N[C@@H](C)C(=O)Nc1ccc(CO)cc1. The van der Waals surface area contributed by atoms with Gasteiger partial charge >= 0.3 is 6.09 Å². The monoisotopic (exact) mass is 546 g/mol. The quantitative estimate of drug-likeness (QED) is 0.335. The van der Waals surface area contributed by atoms with Crippen molar-refractivity contribution in [2.45, 2.75) is 97.9 Å². The van der Waals surface area contributed by atoms with Gasteiger partial charge in [0.2, 0.25) is 17.7 Å². The lowest BCUT2D eigenvalue weighted by Crippen LogP contribution is -2.53. The molecule has 1 saturated heterocycles. The minimum atomic E-state index is -0.806. The Hall–Kier alpha value is -3.14. The topological polar surface area (TPSA) is 137 Å². The van der Waals surface area contributed by atoms with Gasteiger partial charge in [-0.15, -0.1) is 0 Å². The summed E-state index contributed by atoms with van der Waals surface area (Å²) < 4.78 is 5.44. The fraction of sp³-hybridized carbons (Fsp3) is 0.655. The van der Waals surface area contributed by atoms with Gasteiger partial charge in [0.15, 0.2) is 0 Å². The van der Waals surface area contributed by atoms with Crippen LogP contribution in [0.2, 0.25) is 0 Å². The molecule has 0 bridgehead atoms. The molecule has 218 valence electrons. The number of piperidine rings is 1. The zero-order chi connectivity index (χ0) is 29.2. The molecule has 1 fully saturated rings. The second-order valence-corrected chi connectivity index (χ2v) is 11.7. The third-order valence-corrected chi connectivity index (χ3v) is 6.70. The number of aliphatic hydroxyl groups is 1. The minimum Gasteiger partial charge on any atom is -0.444 e. The fourth-order valence-corrected chi connectivity index (χ4v) is 4.38. The lowest BCUT2D eigenvalue weighted by atomic mass is 9.91. The van der Waals surface area contributed by atoms with E-state index in [1.807, 2.05) is 34.6 Å². The molecule has 2 rings (SSSR count). The summed E-state index contributed by atoms with van der Waals surface area (Å²) in [5, 5.41) is 17.4. The van der Waals surface area contributed by atoms with Crippen molar-refractivity contribution in [3.05, 3.63) is 29.8 Å².